The van der Waals surface area contributed by atoms with Crippen molar-refractivity contribution in [2.24, 2.45) is 0 Å². The number of carbonyl (C=O) groups excluding carboxylic acids is 1. The molecule has 0 aliphatic heterocycles. The van der Waals surface area contributed by atoms with E-state index in [1.165, 1.54) is 24.5 Å². The molecule has 1 amide bonds. The van der Waals surface area contributed by atoms with Crippen molar-refractivity contribution in [3.63, 3.8) is 0 Å². The second-order valence-corrected chi connectivity index (χ2v) is 5.39. The molecule has 0 saturated carbocycles. The Morgan fingerprint density at radius 1 is 1.30 bits per heavy atom. The molecule has 0 radical (unpaired) electrons. The van der Waals surface area contributed by atoms with Crippen LogP contribution in [0.4, 0.5) is 8.78 Å². The number of thiazole rings is 1. The molecule has 0 aliphatic rings. The van der Waals surface area contributed by atoms with Crippen molar-refractivity contribution in [3.8, 4) is 22.2 Å². The van der Waals surface area contributed by atoms with Crippen LogP contribution in [0.1, 0.15) is 5.82 Å². The summed E-state index contributed by atoms with van der Waals surface area (Å²) >= 11 is 1.23. The third-order valence-electron chi connectivity index (χ3n) is 2.96. The molecule has 0 atom stereocenters. The maximum Gasteiger partial charge on any atom is 0.277 e. The molecule has 0 fully saturated rings. The van der Waals surface area contributed by atoms with Crippen LogP contribution in [-0.4, -0.2) is 28.1 Å². The fourth-order valence-electron chi connectivity index (χ4n) is 1.80. The summed E-state index contributed by atoms with van der Waals surface area (Å²) in [5, 5.41) is 8.31. The van der Waals surface area contributed by atoms with Gasteiger partial charge in [0.15, 0.2) is 17.5 Å². The van der Waals surface area contributed by atoms with Gasteiger partial charge in [-0.1, -0.05) is 5.16 Å². The predicted octanol–water partition coefficient (Wildman–Crippen LogP) is 2.43. The van der Waals surface area contributed by atoms with E-state index in [2.05, 4.69) is 20.4 Å². The smallest absolute Gasteiger partial charge is 0.277 e. The van der Waals surface area contributed by atoms with Gasteiger partial charge in [0.2, 0.25) is 5.91 Å². The third kappa shape index (κ3) is 3.24. The SMILES string of the molecule is CNC(=O)Cc1noc(-c2csc(-c3ccc(F)c(F)c3)n2)n1. The Bertz CT molecular complexity index is 862. The third-order valence-corrected chi connectivity index (χ3v) is 3.85. The van der Waals surface area contributed by atoms with E-state index >= 15 is 0 Å². The zero-order valence-corrected chi connectivity index (χ0v) is 12.7. The minimum Gasteiger partial charge on any atom is -0.359 e. The molecule has 0 saturated heterocycles. The number of hydrogen-bond donors (Lipinski definition) is 1. The summed E-state index contributed by atoms with van der Waals surface area (Å²) in [6.45, 7) is 0. The number of nitrogens with zero attached hydrogens (tertiary/aromatic N) is 3. The number of carbonyl (C=O) groups is 1. The van der Waals surface area contributed by atoms with Crippen LogP contribution in [0.25, 0.3) is 22.2 Å². The van der Waals surface area contributed by atoms with Gasteiger partial charge < -0.3 is 9.84 Å². The molecule has 0 unspecified atom stereocenters. The van der Waals surface area contributed by atoms with E-state index in [-0.39, 0.29) is 24.0 Å². The summed E-state index contributed by atoms with van der Waals surface area (Å²) in [6.07, 6.45) is 0.000166. The lowest BCUT2D eigenvalue weighted by Gasteiger charge is -1.97. The molecule has 0 bridgehead atoms. The van der Waals surface area contributed by atoms with Crippen LogP contribution < -0.4 is 5.32 Å². The van der Waals surface area contributed by atoms with Gasteiger partial charge in [0.25, 0.3) is 5.89 Å². The minimum atomic E-state index is -0.940. The first-order valence-corrected chi connectivity index (χ1v) is 7.39. The standard InChI is InChI=1S/C14H10F2N4O2S/c1-17-12(21)5-11-19-13(22-20-11)10-6-23-14(18-10)7-2-3-8(15)9(16)4-7/h2-4,6H,5H2,1H3,(H,17,21). The molecule has 6 nitrogen and oxygen atoms in total. The van der Waals surface area contributed by atoms with Crippen molar-refractivity contribution >= 4 is 17.2 Å². The van der Waals surface area contributed by atoms with E-state index in [4.69, 9.17) is 4.52 Å². The number of halogens is 2. The van der Waals surface area contributed by atoms with Gasteiger partial charge in [0, 0.05) is 18.0 Å². The largest absolute Gasteiger partial charge is 0.359 e. The van der Waals surface area contributed by atoms with E-state index < -0.39 is 11.6 Å². The van der Waals surface area contributed by atoms with E-state index in [1.807, 2.05) is 0 Å². The lowest BCUT2D eigenvalue weighted by Crippen LogP contribution is -2.20. The summed E-state index contributed by atoms with van der Waals surface area (Å²) in [4.78, 5) is 19.6. The van der Waals surface area contributed by atoms with Crippen molar-refractivity contribution in [2.75, 3.05) is 7.05 Å². The van der Waals surface area contributed by atoms with Gasteiger partial charge in [-0.2, -0.15) is 4.98 Å². The Morgan fingerprint density at radius 3 is 2.87 bits per heavy atom. The van der Waals surface area contributed by atoms with Crippen LogP contribution in [0, 0.1) is 11.6 Å². The molecule has 0 spiro atoms. The molecular formula is C14H10F2N4O2S. The second kappa shape index (κ2) is 6.21. The van der Waals surface area contributed by atoms with Crippen LogP contribution in [0.15, 0.2) is 28.1 Å². The predicted molar refractivity (Wildman–Crippen MR) is 78.5 cm³/mol. The Morgan fingerprint density at radius 2 is 2.13 bits per heavy atom. The Labute approximate surface area is 133 Å². The van der Waals surface area contributed by atoms with Crippen molar-refractivity contribution in [1.82, 2.24) is 20.4 Å². The molecule has 0 aliphatic carbocycles. The highest BCUT2D eigenvalue weighted by Gasteiger charge is 2.15. The fourth-order valence-corrected chi connectivity index (χ4v) is 2.59. The number of hydrogen-bond acceptors (Lipinski definition) is 6. The molecule has 1 N–H and O–H groups in total. The van der Waals surface area contributed by atoms with Crippen LogP contribution in [0.3, 0.4) is 0 Å². The van der Waals surface area contributed by atoms with Gasteiger partial charge in [0.05, 0.1) is 6.42 Å². The maximum absolute atomic E-state index is 13.3. The monoisotopic (exact) mass is 336 g/mol. The summed E-state index contributed by atoms with van der Waals surface area (Å²) in [5.41, 5.74) is 0.857. The molecule has 1 aromatic carbocycles. The van der Waals surface area contributed by atoms with Crippen LogP contribution in [-0.2, 0) is 11.2 Å². The fraction of sp³-hybridized carbons (Fsp3) is 0.143. The van der Waals surface area contributed by atoms with Crippen molar-refractivity contribution in [1.29, 1.82) is 0 Å². The summed E-state index contributed by atoms with van der Waals surface area (Å²) < 4.78 is 31.3. The first-order valence-electron chi connectivity index (χ1n) is 6.51. The van der Waals surface area contributed by atoms with Crippen molar-refractivity contribution in [3.05, 3.63) is 41.0 Å². The number of likely N-dealkylation sites (N-methyl/N-ethyl adjacent to an activating group) is 1. The Kier molecular flexibility index (Phi) is 4.11. The summed E-state index contributed by atoms with van der Waals surface area (Å²) in [7, 11) is 1.51. The number of aromatic nitrogens is 3. The molecule has 3 rings (SSSR count). The van der Waals surface area contributed by atoms with E-state index in [0.29, 0.717) is 16.3 Å². The molecule has 3 aromatic rings. The molecular weight excluding hydrogens is 326 g/mol. The zero-order chi connectivity index (χ0) is 16.4. The molecule has 9 heteroatoms. The lowest BCUT2D eigenvalue weighted by molar-refractivity contribution is -0.120. The number of amides is 1. The van der Waals surface area contributed by atoms with Gasteiger partial charge in [-0.05, 0) is 18.2 Å². The highest BCUT2D eigenvalue weighted by atomic mass is 32.1. The Balaban J connectivity index is 1.84. The maximum atomic E-state index is 13.3. The first-order chi connectivity index (χ1) is 11.1. The van der Waals surface area contributed by atoms with E-state index in [9.17, 15) is 13.6 Å². The van der Waals surface area contributed by atoms with Gasteiger partial charge in [-0.3, -0.25) is 4.79 Å². The average molecular weight is 336 g/mol. The second-order valence-electron chi connectivity index (χ2n) is 4.53. The topological polar surface area (TPSA) is 80.9 Å². The Hall–Kier alpha value is -2.68. The number of rotatable bonds is 4. The van der Waals surface area contributed by atoms with Crippen LogP contribution in [0.2, 0.25) is 0 Å². The van der Waals surface area contributed by atoms with Gasteiger partial charge in [0.1, 0.15) is 10.7 Å². The zero-order valence-electron chi connectivity index (χ0n) is 11.8. The quantitative estimate of drug-likeness (QED) is 0.791. The number of nitrogens with one attached hydrogen (secondary N) is 1. The lowest BCUT2D eigenvalue weighted by atomic mass is 10.2. The molecule has 23 heavy (non-hydrogen) atoms. The summed E-state index contributed by atoms with van der Waals surface area (Å²) in [6, 6.07) is 3.55. The minimum absolute atomic E-state index is 0.000166. The highest BCUT2D eigenvalue weighted by Crippen LogP contribution is 2.29. The highest BCUT2D eigenvalue weighted by molar-refractivity contribution is 7.13. The van der Waals surface area contributed by atoms with Crippen LogP contribution >= 0.6 is 11.3 Å². The van der Waals surface area contributed by atoms with Crippen LogP contribution in [0.5, 0.6) is 0 Å². The van der Waals surface area contributed by atoms with Crippen molar-refractivity contribution < 1.29 is 18.1 Å². The van der Waals surface area contributed by atoms with Gasteiger partial charge >= 0.3 is 0 Å². The molecule has 118 valence electrons. The van der Waals surface area contributed by atoms with Gasteiger partial charge in [-0.25, -0.2) is 13.8 Å². The molecule has 2 heterocycles. The van der Waals surface area contributed by atoms with E-state index in [0.717, 1.165) is 12.1 Å². The van der Waals surface area contributed by atoms with Crippen molar-refractivity contribution in [2.45, 2.75) is 6.42 Å². The molecule has 2 aromatic heterocycles. The normalized spacial score (nSPS) is 10.7. The van der Waals surface area contributed by atoms with Gasteiger partial charge in [-0.15, -0.1) is 11.3 Å². The summed E-state index contributed by atoms with van der Waals surface area (Å²) in [5.74, 6) is -1.69. The number of benzene rings is 1. The first kappa shape index (κ1) is 15.2. The average Bonchev–Trinajstić information content (AvgIpc) is 3.19. The van der Waals surface area contributed by atoms with E-state index in [1.54, 1.807) is 5.38 Å².